The lowest BCUT2D eigenvalue weighted by atomic mass is 11.0. The van der Waals surface area contributed by atoms with Gasteiger partial charge in [0.1, 0.15) is 5.10 Å². The van der Waals surface area contributed by atoms with Gasteiger partial charge in [-0.1, -0.05) is 0 Å². The molecule has 1 rings (SSSR count). The summed E-state index contributed by atoms with van der Waals surface area (Å²) >= 11 is 0. The summed E-state index contributed by atoms with van der Waals surface area (Å²) in [6, 6.07) is 0. The number of rotatable bonds is 2. The van der Waals surface area contributed by atoms with Crippen molar-refractivity contribution in [3.8, 4) is 0 Å². The summed E-state index contributed by atoms with van der Waals surface area (Å²) in [6.45, 7) is 0. The molecule has 0 bridgehead atoms. The van der Waals surface area contributed by atoms with Gasteiger partial charge in [0.15, 0.2) is 0 Å². The maximum absolute atomic E-state index is 10.0. The van der Waals surface area contributed by atoms with Crippen LogP contribution in [0.25, 0.3) is 0 Å². The zero-order valence-electron chi connectivity index (χ0n) is 5.45. The first-order chi connectivity index (χ1) is 5.52. The molecule has 10 heteroatoms. The SMILES string of the molecule is Nc1nc([N+](=O)[O-])nn1[N+](=O)[O-]. The van der Waals surface area contributed by atoms with Crippen LogP contribution in [-0.2, 0) is 0 Å². The quantitative estimate of drug-likeness (QED) is 0.438. The van der Waals surface area contributed by atoms with E-state index in [-0.39, 0.29) is 4.79 Å². The first-order valence-corrected chi connectivity index (χ1v) is 2.54. The minimum Gasteiger partial charge on any atom is -0.389 e. The van der Waals surface area contributed by atoms with Crippen molar-refractivity contribution in [2.45, 2.75) is 0 Å². The topological polar surface area (TPSA) is 143 Å². The maximum Gasteiger partial charge on any atom is 0.534 e. The van der Waals surface area contributed by atoms with E-state index in [1.54, 1.807) is 0 Å². The first-order valence-electron chi connectivity index (χ1n) is 2.54. The molecule has 0 atom stereocenters. The third-order valence-electron chi connectivity index (χ3n) is 0.922. The fraction of sp³-hybridized carbons (Fsp3) is 0. The van der Waals surface area contributed by atoms with Crippen LogP contribution in [0.4, 0.5) is 11.9 Å². The highest BCUT2D eigenvalue weighted by Gasteiger charge is 2.24. The highest BCUT2D eigenvalue weighted by atomic mass is 16.7. The smallest absolute Gasteiger partial charge is 0.389 e. The summed E-state index contributed by atoms with van der Waals surface area (Å²) in [6.07, 6.45) is 0. The van der Waals surface area contributed by atoms with E-state index in [9.17, 15) is 20.2 Å². The number of nitro groups is 2. The molecule has 1 aromatic rings. The Kier molecular flexibility index (Phi) is 1.58. The normalized spacial score (nSPS) is 9.67. The van der Waals surface area contributed by atoms with Crippen molar-refractivity contribution in [2.24, 2.45) is 0 Å². The third kappa shape index (κ3) is 1.12. The van der Waals surface area contributed by atoms with Crippen LogP contribution in [0.15, 0.2) is 0 Å². The van der Waals surface area contributed by atoms with Crippen molar-refractivity contribution in [2.75, 3.05) is 5.73 Å². The van der Waals surface area contributed by atoms with E-state index in [2.05, 4.69) is 10.1 Å². The van der Waals surface area contributed by atoms with Crippen molar-refractivity contribution >= 4 is 11.9 Å². The highest BCUT2D eigenvalue weighted by Crippen LogP contribution is 2.05. The zero-order valence-corrected chi connectivity index (χ0v) is 5.45. The molecule has 0 fully saturated rings. The summed E-state index contributed by atoms with van der Waals surface area (Å²) in [7, 11) is 0. The van der Waals surface area contributed by atoms with Gasteiger partial charge >= 0.3 is 11.9 Å². The van der Waals surface area contributed by atoms with E-state index < -0.39 is 21.9 Å². The number of hydrogen-bond donors (Lipinski definition) is 1. The number of nitrogens with zero attached hydrogens (tertiary/aromatic N) is 5. The number of anilines is 1. The van der Waals surface area contributed by atoms with Crippen molar-refractivity contribution in [1.82, 2.24) is 14.9 Å². The number of nitrogens with two attached hydrogens (primary N) is 1. The molecule has 0 amide bonds. The van der Waals surface area contributed by atoms with Gasteiger partial charge < -0.3 is 26.0 Å². The molecule has 0 saturated carbocycles. The molecule has 64 valence electrons. The molecule has 0 aliphatic heterocycles. The summed E-state index contributed by atoms with van der Waals surface area (Å²) in [5.74, 6) is -1.53. The molecule has 0 aliphatic rings. The Morgan fingerprint density at radius 3 is 2.25 bits per heavy atom. The van der Waals surface area contributed by atoms with Gasteiger partial charge in [-0.25, -0.2) is 0 Å². The molecule has 0 spiro atoms. The van der Waals surface area contributed by atoms with Crippen LogP contribution in [0, 0.1) is 20.2 Å². The number of hydrogen-bond acceptors (Lipinski definition) is 7. The monoisotopic (exact) mass is 174 g/mol. The maximum atomic E-state index is 10.0. The molecule has 0 unspecified atom stereocenters. The molecular weight excluding hydrogens is 172 g/mol. The molecule has 12 heavy (non-hydrogen) atoms. The third-order valence-corrected chi connectivity index (χ3v) is 0.922. The van der Waals surface area contributed by atoms with E-state index in [0.29, 0.717) is 0 Å². The standard InChI is InChI=1S/C2H2N6O4/c3-1-4-2(7(9)10)5-6(1)8(11)12/h(H2,3,4,5). The summed E-state index contributed by atoms with van der Waals surface area (Å²) in [5, 5.41) is 21.9. The second-order valence-corrected chi connectivity index (χ2v) is 1.65. The number of aromatic nitrogens is 3. The van der Waals surface area contributed by atoms with Gasteiger partial charge in [-0.2, -0.15) is 0 Å². The van der Waals surface area contributed by atoms with E-state index >= 15 is 0 Å². The van der Waals surface area contributed by atoms with E-state index in [4.69, 9.17) is 5.73 Å². The Labute approximate surface area is 63.9 Å². The van der Waals surface area contributed by atoms with E-state index in [1.807, 2.05) is 0 Å². The van der Waals surface area contributed by atoms with Crippen LogP contribution in [0.2, 0.25) is 0 Å². The van der Waals surface area contributed by atoms with Gasteiger partial charge in [-0.3, -0.25) is 0 Å². The summed E-state index contributed by atoms with van der Waals surface area (Å²) < 4.78 is 0. The van der Waals surface area contributed by atoms with Crippen LogP contribution in [0.1, 0.15) is 0 Å². The lowest BCUT2D eigenvalue weighted by Gasteiger charge is -1.86. The molecule has 1 aromatic heterocycles. The molecule has 1 heterocycles. The molecule has 0 radical (unpaired) electrons. The van der Waals surface area contributed by atoms with Crippen molar-refractivity contribution in [3.05, 3.63) is 20.2 Å². The molecule has 0 aromatic carbocycles. The minimum absolute atomic E-state index is 0.0259. The van der Waals surface area contributed by atoms with Crippen molar-refractivity contribution in [3.63, 3.8) is 0 Å². The fourth-order valence-electron chi connectivity index (χ4n) is 0.503. The Hall–Kier alpha value is -2.26. The Morgan fingerprint density at radius 2 is 2.00 bits per heavy atom. The molecule has 2 N–H and O–H groups in total. The van der Waals surface area contributed by atoms with Crippen molar-refractivity contribution in [1.29, 1.82) is 0 Å². The highest BCUT2D eigenvalue weighted by molar-refractivity contribution is 5.19. The van der Waals surface area contributed by atoms with Crippen LogP contribution in [0.3, 0.4) is 0 Å². The average molecular weight is 174 g/mol. The Bertz CT molecular complexity index is 341. The van der Waals surface area contributed by atoms with Gasteiger partial charge in [0.2, 0.25) is 0 Å². The van der Waals surface area contributed by atoms with Crippen LogP contribution < -0.4 is 5.73 Å². The lowest BCUT2D eigenvalue weighted by Crippen LogP contribution is -2.13. The van der Waals surface area contributed by atoms with Gasteiger partial charge in [0.05, 0.1) is 9.82 Å². The van der Waals surface area contributed by atoms with Crippen molar-refractivity contribution < 1.29 is 9.96 Å². The second kappa shape index (κ2) is 2.41. The van der Waals surface area contributed by atoms with Gasteiger partial charge in [-0.05, 0) is 9.91 Å². The molecule has 0 saturated heterocycles. The van der Waals surface area contributed by atoms with E-state index in [1.165, 1.54) is 0 Å². The predicted molar refractivity (Wildman–Crippen MR) is 33.5 cm³/mol. The van der Waals surface area contributed by atoms with Crippen LogP contribution >= 0.6 is 0 Å². The number of nitrogen functional groups attached to an aromatic ring is 1. The van der Waals surface area contributed by atoms with Gasteiger partial charge in [0.25, 0.3) is 0 Å². The summed E-state index contributed by atoms with van der Waals surface area (Å²) in [4.78, 5) is 22.1. The predicted octanol–water partition coefficient (Wildman–Crippen LogP) is -1.19. The fourth-order valence-corrected chi connectivity index (χ4v) is 0.503. The second-order valence-electron chi connectivity index (χ2n) is 1.65. The summed E-state index contributed by atoms with van der Waals surface area (Å²) in [5.41, 5.74) is 4.92. The minimum atomic E-state index is -1.02. The Balaban J connectivity index is 3.17. The lowest BCUT2D eigenvalue weighted by molar-refractivity contribution is -0.551. The largest absolute Gasteiger partial charge is 0.534 e. The van der Waals surface area contributed by atoms with Gasteiger partial charge in [-0.15, -0.1) is 0 Å². The molecule has 10 nitrogen and oxygen atoms in total. The van der Waals surface area contributed by atoms with Crippen LogP contribution in [-0.4, -0.2) is 24.8 Å². The van der Waals surface area contributed by atoms with E-state index in [0.717, 1.165) is 0 Å². The van der Waals surface area contributed by atoms with Gasteiger partial charge in [0, 0.05) is 0 Å². The zero-order chi connectivity index (χ0) is 9.30. The van der Waals surface area contributed by atoms with Crippen LogP contribution in [0.5, 0.6) is 0 Å². The molecule has 0 aliphatic carbocycles. The first kappa shape index (κ1) is 7.84. The molecular formula is C2H2N6O4. The Morgan fingerprint density at radius 1 is 1.42 bits per heavy atom. The average Bonchev–Trinajstić information content (AvgIpc) is 2.30.